The lowest BCUT2D eigenvalue weighted by Crippen LogP contribution is -2.42. The fourth-order valence-electron chi connectivity index (χ4n) is 1.82. The van der Waals surface area contributed by atoms with E-state index in [0.29, 0.717) is 0 Å². The smallest absolute Gasteiger partial charge is 0.406 e. The molecule has 0 heterocycles. The van der Waals surface area contributed by atoms with Crippen molar-refractivity contribution in [2.24, 2.45) is 5.92 Å². The van der Waals surface area contributed by atoms with E-state index >= 15 is 0 Å². The minimum atomic E-state index is -4.78. The van der Waals surface area contributed by atoms with Crippen LogP contribution in [0.1, 0.15) is 24.8 Å². The highest BCUT2D eigenvalue weighted by atomic mass is 19.4. The summed E-state index contributed by atoms with van der Waals surface area (Å²) >= 11 is 0. The molecule has 0 aliphatic heterocycles. The van der Waals surface area contributed by atoms with Gasteiger partial charge in [0.25, 0.3) is 0 Å². The number of amides is 2. The van der Waals surface area contributed by atoms with Crippen molar-refractivity contribution in [3.63, 3.8) is 0 Å². The zero-order valence-electron chi connectivity index (χ0n) is 11.6. The second-order valence-corrected chi connectivity index (χ2v) is 4.97. The van der Waals surface area contributed by atoms with Crippen LogP contribution in [0.4, 0.5) is 13.2 Å². The summed E-state index contributed by atoms with van der Waals surface area (Å²) < 4.78 is 40.7. The fraction of sp³-hybridized carbons (Fsp3) is 0.429. The maximum absolute atomic E-state index is 12.3. The number of ether oxygens (including phenoxy) is 1. The molecule has 5 nitrogen and oxygen atoms in total. The number of carbonyl (C=O) groups excluding carboxylic acids is 2. The Balaban J connectivity index is 1.82. The molecular formula is C14H15F3N2O3. The van der Waals surface area contributed by atoms with E-state index in [1.54, 1.807) is 6.07 Å². The summed E-state index contributed by atoms with van der Waals surface area (Å²) in [4.78, 5) is 22.9. The Hall–Kier alpha value is -2.25. The molecule has 8 heteroatoms. The zero-order chi connectivity index (χ0) is 16.2. The van der Waals surface area contributed by atoms with Crippen LogP contribution in [0.25, 0.3) is 0 Å². The van der Waals surface area contributed by atoms with Gasteiger partial charge in [0.2, 0.25) is 11.8 Å². The van der Waals surface area contributed by atoms with Crippen molar-refractivity contribution in [1.29, 1.82) is 0 Å². The van der Waals surface area contributed by atoms with Crippen LogP contribution in [0.15, 0.2) is 24.3 Å². The molecule has 0 atom stereocenters. The molecule has 0 bridgehead atoms. The van der Waals surface area contributed by atoms with E-state index in [2.05, 4.69) is 15.6 Å². The molecule has 1 saturated carbocycles. The van der Waals surface area contributed by atoms with Crippen LogP contribution in [0, 0.1) is 5.92 Å². The molecule has 0 aromatic heterocycles. The topological polar surface area (TPSA) is 67.4 Å². The van der Waals surface area contributed by atoms with Gasteiger partial charge in [0, 0.05) is 12.3 Å². The molecule has 2 rings (SSSR count). The molecule has 120 valence electrons. The number of hydrazine groups is 1. The molecule has 1 aromatic carbocycles. The van der Waals surface area contributed by atoms with E-state index in [-0.39, 0.29) is 36.0 Å². The summed E-state index contributed by atoms with van der Waals surface area (Å²) in [7, 11) is 0. The first-order valence-electron chi connectivity index (χ1n) is 6.77. The van der Waals surface area contributed by atoms with Crippen LogP contribution < -0.4 is 15.6 Å². The van der Waals surface area contributed by atoms with E-state index < -0.39 is 12.3 Å². The minimum absolute atomic E-state index is 0.0405. The maximum Gasteiger partial charge on any atom is 0.573 e. The Bertz CT molecular complexity index is 557. The minimum Gasteiger partial charge on any atom is -0.406 e. The molecule has 0 unspecified atom stereocenters. The van der Waals surface area contributed by atoms with E-state index in [1.165, 1.54) is 18.2 Å². The van der Waals surface area contributed by atoms with Gasteiger partial charge >= 0.3 is 6.36 Å². The number of hydrogen-bond acceptors (Lipinski definition) is 3. The summed E-state index contributed by atoms with van der Waals surface area (Å²) in [6, 6.07) is 5.62. The molecule has 1 aliphatic carbocycles. The Kier molecular flexibility index (Phi) is 4.89. The zero-order valence-corrected chi connectivity index (χ0v) is 11.6. The van der Waals surface area contributed by atoms with Gasteiger partial charge in [0.15, 0.2) is 0 Å². The average molecular weight is 316 g/mol. The first-order chi connectivity index (χ1) is 10.3. The molecule has 0 spiro atoms. The highest BCUT2D eigenvalue weighted by Crippen LogP contribution is 2.28. The maximum atomic E-state index is 12.3. The average Bonchev–Trinajstić information content (AvgIpc) is 3.26. The molecule has 1 aliphatic rings. The molecule has 22 heavy (non-hydrogen) atoms. The van der Waals surface area contributed by atoms with Crippen LogP contribution in [-0.4, -0.2) is 18.2 Å². The third-order valence-corrected chi connectivity index (χ3v) is 3.09. The third kappa shape index (κ3) is 5.27. The number of halogens is 3. The first kappa shape index (κ1) is 16.1. The van der Waals surface area contributed by atoms with Gasteiger partial charge in [-0.2, -0.15) is 0 Å². The van der Waals surface area contributed by atoms with Crippen LogP contribution in [-0.2, 0) is 16.0 Å². The van der Waals surface area contributed by atoms with Gasteiger partial charge in [0.1, 0.15) is 5.75 Å². The van der Waals surface area contributed by atoms with E-state index in [0.717, 1.165) is 12.8 Å². The van der Waals surface area contributed by atoms with Gasteiger partial charge in [0.05, 0.1) is 0 Å². The Morgan fingerprint density at radius 1 is 1.18 bits per heavy atom. The number of benzene rings is 1. The predicted octanol–water partition coefficient (Wildman–Crippen LogP) is 2.08. The van der Waals surface area contributed by atoms with Crippen molar-refractivity contribution >= 4 is 11.8 Å². The SMILES string of the molecule is O=C(CCc1ccccc1OC(F)(F)F)NNC(=O)C1CC1. The second kappa shape index (κ2) is 6.67. The quantitative estimate of drug-likeness (QED) is 0.817. The molecule has 0 radical (unpaired) electrons. The van der Waals surface area contributed by atoms with Gasteiger partial charge in [-0.05, 0) is 30.9 Å². The highest BCUT2D eigenvalue weighted by Gasteiger charge is 2.32. The fourth-order valence-corrected chi connectivity index (χ4v) is 1.82. The lowest BCUT2D eigenvalue weighted by molar-refractivity contribution is -0.274. The van der Waals surface area contributed by atoms with E-state index in [9.17, 15) is 22.8 Å². The van der Waals surface area contributed by atoms with Crippen LogP contribution in [0.5, 0.6) is 5.75 Å². The largest absolute Gasteiger partial charge is 0.573 e. The number of carbonyl (C=O) groups is 2. The van der Waals surface area contributed by atoms with Crippen molar-refractivity contribution in [2.45, 2.75) is 32.0 Å². The van der Waals surface area contributed by atoms with Crippen molar-refractivity contribution in [3.8, 4) is 5.75 Å². The highest BCUT2D eigenvalue weighted by molar-refractivity contribution is 5.84. The summed E-state index contributed by atoms with van der Waals surface area (Å²) in [6.07, 6.45) is -3.16. The molecule has 2 amide bonds. The lowest BCUT2D eigenvalue weighted by Gasteiger charge is -2.13. The second-order valence-electron chi connectivity index (χ2n) is 4.97. The predicted molar refractivity (Wildman–Crippen MR) is 70.5 cm³/mol. The van der Waals surface area contributed by atoms with Crippen LogP contribution in [0.2, 0.25) is 0 Å². The van der Waals surface area contributed by atoms with E-state index in [4.69, 9.17) is 0 Å². The van der Waals surface area contributed by atoms with Gasteiger partial charge in [-0.3, -0.25) is 20.4 Å². The first-order valence-corrected chi connectivity index (χ1v) is 6.77. The van der Waals surface area contributed by atoms with Crippen LogP contribution in [0.3, 0.4) is 0 Å². The summed E-state index contributed by atoms with van der Waals surface area (Å²) in [5, 5.41) is 0. The number of aryl methyl sites for hydroxylation is 1. The van der Waals surface area contributed by atoms with Gasteiger partial charge < -0.3 is 4.74 Å². The lowest BCUT2D eigenvalue weighted by atomic mass is 10.1. The number of rotatable bonds is 5. The molecule has 2 N–H and O–H groups in total. The Labute approximate surface area is 124 Å². The molecule has 1 aromatic rings. The van der Waals surface area contributed by atoms with E-state index in [1.807, 2.05) is 0 Å². The third-order valence-electron chi connectivity index (χ3n) is 3.09. The number of nitrogens with one attached hydrogen (secondary N) is 2. The van der Waals surface area contributed by atoms with Gasteiger partial charge in [-0.25, -0.2) is 0 Å². The molecular weight excluding hydrogens is 301 g/mol. The summed E-state index contributed by atoms with van der Waals surface area (Å²) in [6.45, 7) is 0. The summed E-state index contributed by atoms with van der Waals surface area (Å²) in [5.41, 5.74) is 4.79. The van der Waals surface area contributed by atoms with Crippen molar-refractivity contribution < 1.29 is 27.5 Å². The van der Waals surface area contributed by atoms with Crippen molar-refractivity contribution in [2.75, 3.05) is 0 Å². The standard InChI is InChI=1S/C14H15F3N2O3/c15-14(16,17)22-11-4-2-1-3-9(11)7-8-12(20)18-19-13(21)10-5-6-10/h1-4,10H,5-8H2,(H,18,20)(H,19,21). The molecule has 0 saturated heterocycles. The number of hydrogen-bond donors (Lipinski definition) is 2. The summed E-state index contributed by atoms with van der Waals surface area (Å²) in [5.74, 6) is -1.09. The van der Waals surface area contributed by atoms with Crippen molar-refractivity contribution in [1.82, 2.24) is 10.9 Å². The Morgan fingerprint density at radius 2 is 1.86 bits per heavy atom. The molecule has 1 fully saturated rings. The van der Waals surface area contributed by atoms with Gasteiger partial charge in [-0.15, -0.1) is 13.2 Å². The monoisotopic (exact) mass is 316 g/mol. The number of alkyl halides is 3. The van der Waals surface area contributed by atoms with Gasteiger partial charge in [-0.1, -0.05) is 18.2 Å². The normalized spacial score (nSPS) is 14.3. The van der Waals surface area contributed by atoms with Crippen molar-refractivity contribution in [3.05, 3.63) is 29.8 Å². The van der Waals surface area contributed by atoms with Crippen LogP contribution >= 0.6 is 0 Å². The number of para-hydroxylation sites is 1. The Morgan fingerprint density at radius 3 is 2.50 bits per heavy atom.